The van der Waals surface area contributed by atoms with E-state index >= 15 is 0 Å². The Kier molecular flexibility index (Phi) is 4.57. The minimum absolute atomic E-state index is 0.143. The lowest BCUT2D eigenvalue weighted by molar-refractivity contribution is -0.176. The summed E-state index contributed by atoms with van der Waals surface area (Å²) in [6, 6.07) is 13.0. The zero-order valence-electron chi connectivity index (χ0n) is 12.4. The second kappa shape index (κ2) is 6.06. The van der Waals surface area contributed by atoms with Crippen LogP contribution in [0.15, 0.2) is 42.5 Å². The Bertz CT molecular complexity index is 601. The second-order valence-electron chi connectivity index (χ2n) is 5.58. The number of hydrogen-bond donors (Lipinski definition) is 1. The fourth-order valence-electron chi connectivity index (χ4n) is 2.54. The van der Waals surface area contributed by atoms with Crippen LogP contribution in [0.25, 0.3) is 10.8 Å². The molecule has 0 aliphatic rings. The number of fused-ring (bicyclic) bond motifs is 1. The molecule has 1 nitrogen and oxygen atoms in total. The molecule has 21 heavy (non-hydrogen) atoms. The van der Waals surface area contributed by atoms with Crippen molar-refractivity contribution in [2.24, 2.45) is 5.92 Å². The molecule has 0 aliphatic heterocycles. The summed E-state index contributed by atoms with van der Waals surface area (Å²) in [5.41, 5.74) is 1.02. The Morgan fingerprint density at radius 1 is 0.905 bits per heavy atom. The van der Waals surface area contributed by atoms with Gasteiger partial charge in [0.2, 0.25) is 0 Å². The van der Waals surface area contributed by atoms with Crippen molar-refractivity contribution in [2.75, 3.05) is 0 Å². The van der Waals surface area contributed by atoms with E-state index in [2.05, 4.69) is 5.32 Å². The van der Waals surface area contributed by atoms with Crippen molar-refractivity contribution in [3.05, 3.63) is 48.0 Å². The third kappa shape index (κ3) is 3.56. The fraction of sp³-hybridized carbons (Fsp3) is 0.412. The first-order valence-corrected chi connectivity index (χ1v) is 7.11. The maximum atomic E-state index is 12.8. The van der Waals surface area contributed by atoms with Gasteiger partial charge < -0.3 is 5.32 Å². The van der Waals surface area contributed by atoms with Crippen molar-refractivity contribution in [1.29, 1.82) is 0 Å². The Morgan fingerprint density at radius 3 is 2.19 bits per heavy atom. The molecule has 2 aromatic rings. The van der Waals surface area contributed by atoms with Crippen LogP contribution in [0.2, 0.25) is 0 Å². The van der Waals surface area contributed by atoms with Gasteiger partial charge in [0.05, 0.1) is 5.92 Å². The van der Waals surface area contributed by atoms with Gasteiger partial charge in [-0.1, -0.05) is 49.4 Å². The molecule has 0 heterocycles. The highest BCUT2D eigenvalue weighted by Gasteiger charge is 2.39. The normalized spacial score (nSPS) is 16.7. The Hall–Kier alpha value is -1.55. The molecule has 4 heteroatoms. The monoisotopic (exact) mass is 295 g/mol. The van der Waals surface area contributed by atoms with Crippen molar-refractivity contribution in [2.45, 2.75) is 39.0 Å². The van der Waals surface area contributed by atoms with E-state index in [1.807, 2.05) is 49.4 Å². The molecule has 0 saturated carbocycles. The van der Waals surface area contributed by atoms with Gasteiger partial charge in [0.25, 0.3) is 0 Å². The highest BCUT2D eigenvalue weighted by atomic mass is 19.4. The molecule has 2 aromatic carbocycles. The van der Waals surface area contributed by atoms with Crippen LogP contribution < -0.4 is 5.32 Å². The van der Waals surface area contributed by atoms with Crippen LogP contribution >= 0.6 is 0 Å². The topological polar surface area (TPSA) is 12.0 Å². The molecule has 0 fully saturated rings. The Balaban J connectivity index is 2.21. The molecule has 1 N–H and O–H groups in total. The Morgan fingerprint density at radius 2 is 1.52 bits per heavy atom. The lowest BCUT2D eigenvalue weighted by atomic mass is 9.97. The van der Waals surface area contributed by atoms with E-state index in [1.54, 1.807) is 6.92 Å². The van der Waals surface area contributed by atoms with Gasteiger partial charge in [-0.05, 0) is 30.2 Å². The van der Waals surface area contributed by atoms with Crippen LogP contribution in [0, 0.1) is 5.92 Å². The summed E-state index contributed by atoms with van der Waals surface area (Å²) in [6.07, 6.45) is -4.18. The molecule has 3 atom stereocenters. The second-order valence-corrected chi connectivity index (χ2v) is 5.58. The van der Waals surface area contributed by atoms with E-state index in [1.165, 1.54) is 6.92 Å². The van der Waals surface area contributed by atoms with Gasteiger partial charge in [-0.25, -0.2) is 0 Å². The average Bonchev–Trinajstić information content (AvgIpc) is 2.44. The minimum atomic E-state index is -4.18. The maximum Gasteiger partial charge on any atom is 0.393 e. The summed E-state index contributed by atoms with van der Waals surface area (Å²) in [6.45, 7) is 4.70. The van der Waals surface area contributed by atoms with E-state index in [4.69, 9.17) is 0 Å². The maximum absolute atomic E-state index is 12.8. The standard InChI is InChI=1S/C17H20F3N/c1-11(17(18,19)20)12(2)21-13(3)15-10-6-8-14-7-4-5-9-16(14)15/h4-13,21H,1-3H3/t11-,12?,13-/m1/s1. The predicted octanol–water partition coefficient (Wildman–Crippen LogP) is 5.08. The molecule has 0 spiro atoms. The zero-order valence-corrected chi connectivity index (χ0v) is 12.4. The van der Waals surface area contributed by atoms with Crippen LogP contribution in [-0.2, 0) is 0 Å². The molecule has 0 amide bonds. The highest BCUT2D eigenvalue weighted by Crippen LogP contribution is 2.30. The van der Waals surface area contributed by atoms with E-state index < -0.39 is 18.1 Å². The van der Waals surface area contributed by atoms with E-state index in [0.29, 0.717) is 0 Å². The van der Waals surface area contributed by atoms with Gasteiger partial charge in [-0.2, -0.15) is 13.2 Å². The molecule has 2 rings (SSSR count). The van der Waals surface area contributed by atoms with Crippen LogP contribution in [0.1, 0.15) is 32.4 Å². The lowest BCUT2D eigenvalue weighted by Gasteiger charge is -2.27. The first kappa shape index (κ1) is 15.8. The SMILES string of the molecule is CC(N[C@H](C)c1cccc2ccccc12)[C@@H](C)C(F)(F)F. The average molecular weight is 295 g/mol. The molecule has 0 saturated heterocycles. The van der Waals surface area contributed by atoms with Crippen molar-refractivity contribution in [3.8, 4) is 0 Å². The first-order valence-electron chi connectivity index (χ1n) is 7.11. The third-order valence-corrected chi connectivity index (χ3v) is 4.07. The molecule has 114 valence electrons. The van der Waals surface area contributed by atoms with Gasteiger partial charge in [0.15, 0.2) is 0 Å². The number of nitrogens with one attached hydrogen (secondary N) is 1. The van der Waals surface area contributed by atoms with Gasteiger partial charge in [0, 0.05) is 12.1 Å². The minimum Gasteiger partial charge on any atom is -0.307 e. The smallest absolute Gasteiger partial charge is 0.307 e. The number of rotatable bonds is 4. The summed E-state index contributed by atoms with van der Waals surface area (Å²) in [5, 5.41) is 5.25. The largest absolute Gasteiger partial charge is 0.393 e. The summed E-state index contributed by atoms with van der Waals surface area (Å²) in [7, 11) is 0. The fourth-order valence-corrected chi connectivity index (χ4v) is 2.54. The summed E-state index contributed by atoms with van der Waals surface area (Å²) in [5.74, 6) is -1.38. The molecule has 0 aliphatic carbocycles. The number of benzene rings is 2. The summed E-state index contributed by atoms with van der Waals surface area (Å²) < 4.78 is 38.3. The highest BCUT2D eigenvalue weighted by molar-refractivity contribution is 5.86. The molecule has 0 bridgehead atoms. The van der Waals surface area contributed by atoms with E-state index in [0.717, 1.165) is 16.3 Å². The number of halogens is 3. The molecule has 0 radical (unpaired) electrons. The van der Waals surface area contributed by atoms with Crippen molar-refractivity contribution in [3.63, 3.8) is 0 Å². The van der Waals surface area contributed by atoms with Gasteiger partial charge in [0.1, 0.15) is 0 Å². The van der Waals surface area contributed by atoms with Crippen LogP contribution in [0.4, 0.5) is 13.2 Å². The van der Waals surface area contributed by atoms with E-state index in [9.17, 15) is 13.2 Å². The number of alkyl halides is 3. The van der Waals surface area contributed by atoms with Crippen LogP contribution in [0.5, 0.6) is 0 Å². The van der Waals surface area contributed by atoms with Crippen molar-refractivity contribution >= 4 is 10.8 Å². The van der Waals surface area contributed by atoms with E-state index in [-0.39, 0.29) is 6.04 Å². The van der Waals surface area contributed by atoms with Crippen LogP contribution in [-0.4, -0.2) is 12.2 Å². The molecular weight excluding hydrogens is 275 g/mol. The van der Waals surface area contributed by atoms with Gasteiger partial charge >= 0.3 is 6.18 Å². The molecule has 1 unspecified atom stereocenters. The molecule has 0 aromatic heterocycles. The van der Waals surface area contributed by atoms with Crippen LogP contribution in [0.3, 0.4) is 0 Å². The third-order valence-electron chi connectivity index (χ3n) is 4.07. The van der Waals surface area contributed by atoms with Crippen molar-refractivity contribution < 1.29 is 13.2 Å². The van der Waals surface area contributed by atoms with Gasteiger partial charge in [-0.15, -0.1) is 0 Å². The first-order chi connectivity index (χ1) is 9.80. The summed E-state index contributed by atoms with van der Waals surface area (Å²) >= 11 is 0. The Labute approximate surface area is 123 Å². The zero-order chi connectivity index (χ0) is 15.6. The molecular formula is C17H20F3N. The quantitative estimate of drug-likeness (QED) is 0.829. The predicted molar refractivity (Wildman–Crippen MR) is 80.2 cm³/mol. The number of hydrogen-bond acceptors (Lipinski definition) is 1. The summed E-state index contributed by atoms with van der Waals surface area (Å²) in [4.78, 5) is 0. The van der Waals surface area contributed by atoms with Gasteiger partial charge in [-0.3, -0.25) is 0 Å². The van der Waals surface area contributed by atoms with Crippen molar-refractivity contribution in [1.82, 2.24) is 5.32 Å². The lowest BCUT2D eigenvalue weighted by Crippen LogP contribution is -2.40.